The molecule has 0 fully saturated rings. The molecule has 3 aromatic rings. The number of aryl methyl sites for hydroxylation is 1. The molecule has 0 aliphatic carbocycles. The first-order chi connectivity index (χ1) is 11.0. The van der Waals surface area contributed by atoms with E-state index in [1.807, 2.05) is 19.9 Å². The number of nitrogens with zero attached hydrogens (tertiary/aromatic N) is 3. The summed E-state index contributed by atoms with van der Waals surface area (Å²) in [6.07, 6.45) is 0. The molecule has 5 nitrogen and oxygen atoms in total. The van der Waals surface area contributed by atoms with Gasteiger partial charge in [0.25, 0.3) is 0 Å². The maximum atomic E-state index is 13.7. The zero-order chi connectivity index (χ0) is 16.6. The molecule has 0 spiro atoms. The lowest BCUT2D eigenvalue weighted by Gasteiger charge is -2.16. The average Bonchev–Trinajstić information content (AvgIpc) is 3.03. The van der Waals surface area contributed by atoms with Crippen LogP contribution in [0.5, 0.6) is 0 Å². The van der Waals surface area contributed by atoms with Gasteiger partial charge in [-0.1, -0.05) is 12.1 Å². The zero-order valence-corrected chi connectivity index (χ0v) is 13.0. The third-order valence-corrected chi connectivity index (χ3v) is 3.91. The lowest BCUT2D eigenvalue weighted by molar-refractivity contribution is 0.101. The van der Waals surface area contributed by atoms with Gasteiger partial charge in [-0.25, -0.2) is 4.39 Å². The van der Waals surface area contributed by atoms with Crippen molar-refractivity contribution in [2.75, 3.05) is 0 Å². The lowest BCUT2D eigenvalue weighted by atomic mass is 9.87. The third kappa shape index (κ3) is 2.63. The molecule has 2 aromatic carbocycles. The van der Waals surface area contributed by atoms with Gasteiger partial charge in [-0.05, 0) is 60.9 Å². The van der Waals surface area contributed by atoms with Gasteiger partial charge in [0.2, 0.25) is 5.82 Å². The number of aromatic nitrogens is 4. The van der Waals surface area contributed by atoms with Crippen molar-refractivity contribution in [2.45, 2.75) is 20.8 Å². The largest absolute Gasteiger partial charge is 0.294 e. The second kappa shape index (κ2) is 5.72. The summed E-state index contributed by atoms with van der Waals surface area (Å²) in [5, 5.41) is 14.1. The van der Waals surface area contributed by atoms with Crippen LogP contribution < -0.4 is 0 Å². The summed E-state index contributed by atoms with van der Waals surface area (Å²) in [7, 11) is 0. The fourth-order valence-corrected chi connectivity index (χ4v) is 2.68. The summed E-state index contributed by atoms with van der Waals surface area (Å²) in [6, 6.07) is 7.97. The Labute approximate surface area is 132 Å². The first-order valence-electron chi connectivity index (χ1n) is 7.14. The van der Waals surface area contributed by atoms with E-state index < -0.39 is 0 Å². The maximum Gasteiger partial charge on any atom is 0.205 e. The molecule has 23 heavy (non-hydrogen) atoms. The van der Waals surface area contributed by atoms with E-state index in [4.69, 9.17) is 0 Å². The molecule has 1 heterocycles. The summed E-state index contributed by atoms with van der Waals surface area (Å²) >= 11 is 0. The van der Waals surface area contributed by atoms with Crippen molar-refractivity contribution in [3.63, 3.8) is 0 Å². The maximum absolute atomic E-state index is 13.7. The molecule has 0 atom stereocenters. The lowest BCUT2D eigenvalue weighted by Crippen LogP contribution is -2.03. The van der Waals surface area contributed by atoms with E-state index in [1.165, 1.54) is 19.1 Å². The Balaban J connectivity index is 2.44. The van der Waals surface area contributed by atoms with Crippen molar-refractivity contribution >= 4 is 5.78 Å². The van der Waals surface area contributed by atoms with Crippen molar-refractivity contribution in [1.82, 2.24) is 20.6 Å². The number of hydrogen-bond acceptors (Lipinski definition) is 4. The van der Waals surface area contributed by atoms with Crippen molar-refractivity contribution < 1.29 is 9.18 Å². The van der Waals surface area contributed by atoms with Gasteiger partial charge in [0.1, 0.15) is 5.82 Å². The van der Waals surface area contributed by atoms with Crippen LogP contribution in [0.4, 0.5) is 4.39 Å². The minimum atomic E-state index is -0.366. The number of tetrazole rings is 1. The van der Waals surface area contributed by atoms with Crippen LogP contribution in [-0.2, 0) is 0 Å². The highest BCUT2D eigenvalue weighted by Gasteiger charge is 2.22. The molecule has 6 heteroatoms. The van der Waals surface area contributed by atoms with Crippen molar-refractivity contribution in [3.8, 4) is 22.5 Å². The summed E-state index contributed by atoms with van der Waals surface area (Å²) in [5.74, 6) is -0.0839. The van der Waals surface area contributed by atoms with Gasteiger partial charge in [-0.3, -0.25) is 4.79 Å². The number of carbonyl (C=O) groups excluding carboxylic acids is 1. The minimum Gasteiger partial charge on any atom is -0.294 e. The van der Waals surface area contributed by atoms with Gasteiger partial charge in [-0.2, -0.15) is 5.21 Å². The quantitative estimate of drug-likeness (QED) is 0.752. The molecule has 0 radical (unpaired) electrons. The van der Waals surface area contributed by atoms with E-state index in [1.54, 1.807) is 12.1 Å². The van der Waals surface area contributed by atoms with E-state index in [-0.39, 0.29) is 11.6 Å². The van der Waals surface area contributed by atoms with Gasteiger partial charge in [-0.15, -0.1) is 10.2 Å². The number of Topliss-reactive ketones (excluding diaryl/α,β-unsaturated/α-hetero) is 1. The van der Waals surface area contributed by atoms with E-state index in [0.29, 0.717) is 28.1 Å². The molecule has 0 saturated heterocycles. The monoisotopic (exact) mass is 310 g/mol. The Morgan fingerprint density at radius 1 is 1.17 bits per heavy atom. The third-order valence-electron chi connectivity index (χ3n) is 3.91. The number of hydrogen-bond donors (Lipinski definition) is 1. The molecule has 0 aliphatic heterocycles. The molecule has 1 N–H and O–H groups in total. The zero-order valence-electron chi connectivity index (χ0n) is 13.0. The summed E-state index contributed by atoms with van der Waals surface area (Å²) in [5.41, 5.74) is 4.30. The van der Waals surface area contributed by atoms with Gasteiger partial charge in [0.15, 0.2) is 5.78 Å². The van der Waals surface area contributed by atoms with Crippen LogP contribution in [0.1, 0.15) is 28.4 Å². The minimum absolute atomic E-state index is 0.0999. The molecular formula is C17H15FN4O. The van der Waals surface area contributed by atoms with Crippen LogP contribution >= 0.6 is 0 Å². The molecule has 116 valence electrons. The fourth-order valence-electron chi connectivity index (χ4n) is 2.68. The van der Waals surface area contributed by atoms with Crippen molar-refractivity contribution in [1.29, 1.82) is 0 Å². The number of halogens is 1. The van der Waals surface area contributed by atoms with Crippen LogP contribution in [0.25, 0.3) is 22.5 Å². The van der Waals surface area contributed by atoms with Gasteiger partial charge < -0.3 is 0 Å². The number of ketones is 1. The first-order valence-corrected chi connectivity index (χ1v) is 7.14. The van der Waals surface area contributed by atoms with Gasteiger partial charge in [0, 0.05) is 16.7 Å². The first kappa shape index (κ1) is 15.0. The second-order valence-electron chi connectivity index (χ2n) is 5.42. The number of benzene rings is 2. The van der Waals surface area contributed by atoms with Crippen molar-refractivity contribution in [2.24, 2.45) is 0 Å². The summed E-state index contributed by atoms with van der Waals surface area (Å²) in [6.45, 7) is 5.33. The van der Waals surface area contributed by atoms with Gasteiger partial charge >= 0.3 is 0 Å². The Kier molecular flexibility index (Phi) is 3.73. The number of rotatable bonds is 3. The molecule has 0 unspecified atom stereocenters. The number of carbonyl (C=O) groups is 1. The smallest absolute Gasteiger partial charge is 0.205 e. The highest BCUT2D eigenvalue weighted by Crippen LogP contribution is 2.37. The topological polar surface area (TPSA) is 71.5 Å². The second-order valence-corrected chi connectivity index (χ2v) is 5.42. The fraction of sp³-hybridized carbons (Fsp3) is 0.176. The van der Waals surface area contributed by atoms with E-state index in [9.17, 15) is 9.18 Å². The Morgan fingerprint density at radius 3 is 2.57 bits per heavy atom. The van der Waals surface area contributed by atoms with E-state index >= 15 is 0 Å². The van der Waals surface area contributed by atoms with Gasteiger partial charge in [0.05, 0.1) is 0 Å². The van der Waals surface area contributed by atoms with Crippen LogP contribution in [0.3, 0.4) is 0 Å². The molecule has 0 bridgehead atoms. The van der Waals surface area contributed by atoms with Crippen LogP contribution in [0, 0.1) is 19.7 Å². The molecular weight excluding hydrogens is 295 g/mol. The van der Waals surface area contributed by atoms with E-state index in [2.05, 4.69) is 20.6 Å². The predicted octanol–water partition coefficient (Wildman–Crippen LogP) is 3.49. The summed E-state index contributed by atoms with van der Waals surface area (Å²) < 4.78 is 13.7. The molecule has 0 amide bonds. The Bertz CT molecular complexity index is 888. The highest BCUT2D eigenvalue weighted by molar-refractivity contribution is 6.05. The number of aromatic amines is 1. The molecule has 1 aromatic heterocycles. The highest BCUT2D eigenvalue weighted by atomic mass is 19.1. The SMILES string of the molecule is CC(=O)c1cc(C)c(C)c(-c2nn[nH]n2)c1-c1cccc(F)c1. The van der Waals surface area contributed by atoms with E-state index in [0.717, 1.165) is 11.1 Å². The number of H-pyrrole nitrogens is 1. The average molecular weight is 310 g/mol. The normalized spacial score (nSPS) is 10.8. The standard InChI is InChI=1S/C17H15FN4O/c1-9-7-14(11(3)23)16(12-5-4-6-13(18)8-12)15(10(9)2)17-19-21-22-20-17/h4-8H,1-3H3,(H,19,20,21,22). The molecule has 3 rings (SSSR count). The van der Waals surface area contributed by atoms with Crippen LogP contribution in [0.15, 0.2) is 30.3 Å². The van der Waals surface area contributed by atoms with Crippen LogP contribution in [-0.4, -0.2) is 26.4 Å². The van der Waals surface area contributed by atoms with Crippen molar-refractivity contribution in [3.05, 3.63) is 52.8 Å². The number of nitrogens with one attached hydrogen (secondary N) is 1. The Hall–Kier alpha value is -2.89. The van der Waals surface area contributed by atoms with Crippen LogP contribution in [0.2, 0.25) is 0 Å². The summed E-state index contributed by atoms with van der Waals surface area (Å²) in [4.78, 5) is 12.2. The Morgan fingerprint density at radius 2 is 1.96 bits per heavy atom. The molecule has 0 saturated carbocycles. The predicted molar refractivity (Wildman–Crippen MR) is 84.5 cm³/mol. The molecule has 0 aliphatic rings.